The van der Waals surface area contributed by atoms with Gasteiger partial charge in [-0.2, -0.15) is 0 Å². The molecule has 7 aromatic carbocycles. The Morgan fingerprint density at radius 1 is 0.516 bits per heavy atom. The van der Waals surface area contributed by atoms with Crippen LogP contribution in [0.5, 0.6) is 0 Å². The Morgan fingerprint density at radius 3 is 1.55 bits per heavy atom. The van der Waals surface area contributed by atoms with Crippen molar-refractivity contribution in [1.29, 1.82) is 0 Å². The summed E-state index contributed by atoms with van der Waals surface area (Å²) < 4.78 is 4.90. The summed E-state index contributed by atoms with van der Waals surface area (Å²) >= 11 is 0. The first-order valence-electron chi connectivity index (χ1n) is 23.3. The van der Waals surface area contributed by atoms with E-state index in [1.54, 1.807) is 0 Å². The zero-order valence-corrected chi connectivity index (χ0v) is 38.5. The maximum atomic E-state index is 4.28. The fourth-order valence-electron chi connectivity index (χ4n) is 11.3. The van der Waals surface area contributed by atoms with Crippen molar-refractivity contribution in [2.24, 2.45) is 0 Å². The molecular formula is C62H58N2. The number of unbranched alkanes of at least 4 members (excludes halogenated alkanes) is 2. The molecule has 2 heteroatoms. The fraction of sp³-hybridized carbons (Fsp3) is 0.194. The predicted molar refractivity (Wildman–Crippen MR) is 277 cm³/mol. The van der Waals surface area contributed by atoms with Crippen LogP contribution in [0.15, 0.2) is 183 Å². The minimum absolute atomic E-state index is 0.0481. The summed E-state index contributed by atoms with van der Waals surface area (Å²) in [5, 5.41) is 5.18. The van der Waals surface area contributed by atoms with E-state index in [1.807, 2.05) is 26.0 Å². The molecule has 2 nitrogen and oxygen atoms in total. The molecule has 9 aromatic rings. The highest BCUT2D eigenvalue weighted by atomic mass is 15.0. The summed E-state index contributed by atoms with van der Waals surface area (Å²) in [5.74, 6) is 0. The molecule has 64 heavy (non-hydrogen) atoms. The molecule has 11 rings (SSSR count). The maximum Gasteiger partial charge on any atom is 0.0547 e. The molecule has 316 valence electrons. The minimum atomic E-state index is -0.147. The largest absolute Gasteiger partial charge is 0.309 e. The molecule has 0 saturated heterocycles. The number of nitrogens with zero attached hydrogens (tertiary/aromatic N) is 2. The van der Waals surface area contributed by atoms with Gasteiger partial charge in [0.05, 0.1) is 22.1 Å². The SMILES string of the molecule is C=CC1=C(C=C)C(C)(C)c2ccc3c(c21)c1ccccc1n3-c1ccc(/C(=C\CCCC)c2ccc(-n3c4ccccc4c4c5c(ccc43)C(C)(C)c3ccccc3-5)cc2)cc1.CC. The van der Waals surface area contributed by atoms with Crippen LogP contribution in [0, 0.1) is 0 Å². The number of fused-ring (bicyclic) bond motifs is 12. The van der Waals surface area contributed by atoms with E-state index in [0.717, 1.165) is 24.9 Å². The second kappa shape index (κ2) is 15.7. The van der Waals surface area contributed by atoms with Crippen LogP contribution in [-0.4, -0.2) is 9.13 Å². The normalized spacial score (nSPS) is 14.8. The molecule has 0 unspecified atom stereocenters. The van der Waals surface area contributed by atoms with Gasteiger partial charge in [-0.1, -0.05) is 190 Å². The van der Waals surface area contributed by atoms with E-state index in [9.17, 15) is 0 Å². The number of hydrogen-bond acceptors (Lipinski definition) is 0. The molecule has 2 heterocycles. The maximum absolute atomic E-state index is 4.28. The van der Waals surface area contributed by atoms with Gasteiger partial charge in [0.2, 0.25) is 0 Å². The number of allylic oxidation sites excluding steroid dienone is 5. The van der Waals surface area contributed by atoms with Gasteiger partial charge in [0, 0.05) is 43.7 Å². The Bertz CT molecular complexity index is 3390. The molecule has 0 bridgehead atoms. The fourth-order valence-corrected chi connectivity index (χ4v) is 11.3. The van der Waals surface area contributed by atoms with Crippen molar-refractivity contribution in [2.45, 2.75) is 78.6 Å². The highest BCUT2D eigenvalue weighted by Gasteiger charge is 2.38. The molecule has 0 atom stereocenters. The molecule has 2 aromatic heterocycles. The van der Waals surface area contributed by atoms with E-state index >= 15 is 0 Å². The van der Waals surface area contributed by atoms with Gasteiger partial charge in [-0.15, -0.1) is 0 Å². The molecule has 0 amide bonds. The lowest BCUT2D eigenvalue weighted by Crippen LogP contribution is -2.15. The lowest BCUT2D eigenvalue weighted by molar-refractivity contribution is 0.655. The van der Waals surface area contributed by atoms with Crippen molar-refractivity contribution in [1.82, 2.24) is 9.13 Å². The summed E-state index contributed by atoms with van der Waals surface area (Å²) in [6.45, 7) is 24.1. The van der Waals surface area contributed by atoms with E-state index in [-0.39, 0.29) is 10.8 Å². The zero-order chi connectivity index (χ0) is 44.5. The van der Waals surface area contributed by atoms with E-state index in [2.05, 4.69) is 209 Å². The number of rotatable bonds is 9. The highest BCUT2D eigenvalue weighted by Crippen LogP contribution is 2.54. The second-order valence-corrected chi connectivity index (χ2v) is 18.4. The summed E-state index contributed by atoms with van der Waals surface area (Å²) in [6, 6.07) is 54.6. The molecular weight excluding hydrogens is 773 g/mol. The van der Waals surface area contributed by atoms with Crippen LogP contribution in [0.4, 0.5) is 0 Å². The third-order valence-electron chi connectivity index (χ3n) is 14.3. The average Bonchev–Trinajstić information content (AvgIpc) is 3.99. The smallest absolute Gasteiger partial charge is 0.0547 e. The van der Waals surface area contributed by atoms with Crippen molar-refractivity contribution in [2.75, 3.05) is 0 Å². The van der Waals surface area contributed by atoms with Gasteiger partial charge in [0.25, 0.3) is 0 Å². The summed E-state index contributed by atoms with van der Waals surface area (Å²) in [5.41, 5.74) is 21.3. The van der Waals surface area contributed by atoms with Crippen LogP contribution in [0.25, 0.3) is 77.3 Å². The number of para-hydroxylation sites is 2. The molecule has 0 aliphatic heterocycles. The Hall–Kier alpha value is -6.90. The van der Waals surface area contributed by atoms with Crippen LogP contribution >= 0.6 is 0 Å². The molecule has 0 fully saturated rings. The van der Waals surface area contributed by atoms with E-state index in [1.165, 1.54) is 111 Å². The second-order valence-electron chi connectivity index (χ2n) is 18.4. The van der Waals surface area contributed by atoms with Crippen LogP contribution in [-0.2, 0) is 10.8 Å². The zero-order valence-electron chi connectivity index (χ0n) is 38.5. The van der Waals surface area contributed by atoms with Gasteiger partial charge < -0.3 is 9.13 Å². The average molecular weight is 831 g/mol. The standard InChI is InChI=1S/C60H52N2.C2H6/c1-8-11-12-19-43(38-26-30-40(31-27-38)61-51-24-17-14-21-45(51)57-53(61)36-34-49-55(57)42(9-2)47(10-3)59(49,4)5)39-28-32-41(33-29-39)62-52-25-18-15-22-46(52)58-54(62)37-35-50-56(58)44-20-13-16-23-48(44)60(50,6)7;1-2/h9-10,13-37H,2-3,8,11-12H2,1,4-7H3;1-2H3/b43-19+;. The Balaban J connectivity index is 0.00000239. The Morgan fingerprint density at radius 2 is 1.02 bits per heavy atom. The molecule has 0 radical (unpaired) electrons. The molecule has 0 spiro atoms. The van der Waals surface area contributed by atoms with Gasteiger partial charge in [-0.3, -0.25) is 0 Å². The van der Waals surface area contributed by atoms with Crippen molar-refractivity contribution in [3.8, 4) is 22.5 Å². The highest BCUT2D eigenvalue weighted by molar-refractivity contribution is 6.18. The third kappa shape index (κ3) is 5.92. The van der Waals surface area contributed by atoms with Crippen molar-refractivity contribution >= 4 is 54.8 Å². The number of hydrogen-bond donors (Lipinski definition) is 0. The van der Waals surface area contributed by atoms with Gasteiger partial charge in [-0.25, -0.2) is 0 Å². The summed E-state index contributed by atoms with van der Waals surface area (Å²) in [4.78, 5) is 0. The van der Waals surface area contributed by atoms with Crippen molar-refractivity contribution < 1.29 is 0 Å². The first kappa shape index (κ1) is 41.1. The van der Waals surface area contributed by atoms with Crippen LogP contribution < -0.4 is 0 Å². The number of aromatic nitrogens is 2. The van der Waals surface area contributed by atoms with E-state index < -0.39 is 0 Å². The molecule has 0 saturated carbocycles. The Labute approximate surface area is 379 Å². The van der Waals surface area contributed by atoms with Crippen molar-refractivity contribution in [3.63, 3.8) is 0 Å². The van der Waals surface area contributed by atoms with Gasteiger partial charge in [0.15, 0.2) is 0 Å². The minimum Gasteiger partial charge on any atom is -0.309 e. The quantitative estimate of drug-likeness (QED) is 0.128. The lowest BCUT2D eigenvalue weighted by Gasteiger charge is -2.22. The number of benzene rings is 7. The first-order chi connectivity index (χ1) is 31.2. The van der Waals surface area contributed by atoms with Crippen LogP contribution in [0.3, 0.4) is 0 Å². The molecule has 0 N–H and O–H groups in total. The van der Waals surface area contributed by atoms with Crippen molar-refractivity contribution in [3.05, 3.63) is 216 Å². The lowest BCUT2D eigenvalue weighted by atomic mass is 9.81. The third-order valence-corrected chi connectivity index (χ3v) is 14.3. The first-order valence-corrected chi connectivity index (χ1v) is 23.3. The van der Waals surface area contributed by atoms with Crippen LogP contribution in [0.1, 0.15) is 101 Å². The van der Waals surface area contributed by atoms with E-state index in [0.29, 0.717) is 0 Å². The summed E-state index contributed by atoms with van der Waals surface area (Å²) in [6.07, 6.45) is 9.84. The predicted octanol–water partition coefficient (Wildman–Crippen LogP) is 17.3. The van der Waals surface area contributed by atoms with Gasteiger partial charge >= 0.3 is 0 Å². The topological polar surface area (TPSA) is 9.86 Å². The van der Waals surface area contributed by atoms with Crippen LogP contribution in [0.2, 0.25) is 0 Å². The summed E-state index contributed by atoms with van der Waals surface area (Å²) in [7, 11) is 0. The van der Waals surface area contributed by atoms with E-state index in [4.69, 9.17) is 0 Å². The molecule has 2 aliphatic carbocycles. The molecule has 2 aliphatic rings. The van der Waals surface area contributed by atoms with Gasteiger partial charge in [-0.05, 0) is 116 Å². The van der Waals surface area contributed by atoms with Gasteiger partial charge in [0.1, 0.15) is 0 Å². The Kier molecular flexibility index (Phi) is 10.1. The monoisotopic (exact) mass is 830 g/mol.